The van der Waals surface area contributed by atoms with Crippen molar-refractivity contribution in [3.8, 4) is 0 Å². The quantitative estimate of drug-likeness (QED) is 0.666. The van der Waals surface area contributed by atoms with Gasteiger partial charge in [0.25, 0.3) is 0 Å². The van der Waals surface area contributed by atoms with Gasteiger partial charge in [0.15, 0.2) is 0 Å². The van der Waals surface area contributed by atoms with Crippen LogP contribution >= 0.6 is 0 Å². The van der Waals surface area contributed by atoms with Gasteiger partial charge in [0.2, 0.25) is 0 Å². The van der Waals surface area contributed by atoms with E-state index >= 15 is 0 Å². The number of benzene rings is 2. The van der Waals surface area contributed by atoms with Crippen molar-refractivity contribution in [2.75, 3.05) is 0 Å². The average molecular weight is 421 g/mol. The van der Waals surface area contributed by atoms with E-state index in [-0.39, 0.29) is 21.2 Å². The SMILES string of the molecule is CC(C)(C)Cc1ccc([I-]c2ccc(CC(C)(C)C)cc2)cc1. The monoisotopic (exact) mass is 421 g/mol. The Morgan fingerprint density at radius 1 is 0.565 bits per heavy atom. The van der Waals surface area contributed by atoms with Crippen molar-refractivity contribution in [1.82, 2.24) is 0 Å². The van der Waals surface area contributed by atoms with Crippen LogP contribution in [0.2, 0.25) is 0 Å². The first-order chi connectivity index (χ1) is 10.6. The Labute approximate surface area is 153 Å². The summed E-state index contributed by atoms with van der Waals surface area (Å²) >= 11 is -0.0650. The maximum atomic E-state index is 2.33. The standard InChI is InChI=1S/C22H30I/c1-21(2,3)15-17-7-11-19(12-8-17)23-20-13-9-18(10-14-20)16-22(4,5)6/h7-14H,15-16H2,1-6H3/q-1. The van der Waals surface area contributed by atoms with Crippen molar-refractivity contribution >= 4 is 0 Å². The summed E-state index contributed by atoms with van der Waals surface area (Å²) < 4.78 is 3.01. The third-order valence-corrected chi connectivity index (χ3v) is 6.20. The van der Waals surface area contributed by atoms with Crippen LogP contribution in [0, 0.1) is 18.0 Å². The summed E-state index contributed by atoms with van der Waals surface area (Å²) in [6, 6.07) is 18.6. The molecule has 0 bridgehead atoms. The number of rotatable bonds is 4. The Balaban J connectivity index is 1.99. The predicted molar refractivity (Wildman–Crippen MR) is 96.6 cm³/mol. The van der Waals surface area contributed by atoms with Crippen molar-refractivity contribution in [3.63, 3.8) is 0 Å². The molecule has 2 aromatic carbocycles. The van der Waals surface area contributed by atoms with Crippen molar-refractivity contribution in [3.05, 3.63) is 66.8 Å². The summed E-state index contributed by atoms with van der Waals surface area (Å²) in [5.41, 5.74) is 3.62. The van der Waals surface area contributed by atoms with Crippen molar-refractivity contribution < 1.29 is 21.2 Å². The van der Waals surface area contributed by atoms with Crippen LogP contribution in [0.3, 0.4) is 0 Å². The van der Waals surface area contributed by atoms with Gasteiger partial charge in [0.1, 0.15) is 0 Å². The molecule has 0 unspecified atom stereocenters. The van der Waals surface area contributed by atoms with Crippen LogP contribution in [0.4, 0.5) is 0 Å². The van der Waals surface area contributed by atoms with Crippen molar-refractivity contribution in [2.24, 2.45) is 10.8 Å². The summed E-state index contributed by atoms with van der Waals surface area (Å²) in [4.78, 5) is 0. The maximum absolute atomic E-state index is 2.33. The first kappa shape index (κ1) is 18.5. The van der Waals surface area contributed by atoms with Gasteiger partial charge in [-0.3, -0.25) is 0 Å². The molecule has 0 nitrogen and oxygen atoms in total. The molecule has 0 aliphatic heterocycles. The van der Waals surface area contributed by atoms with Gasteiger partial charge < -0.3 is 0 Å². The third-order valence-electron chi connectivity index (χ3n) is 3.51. The van der Waals surface area contributed by atoms with Gasteiger partial charge in [0.05, 0.1) is 0 Å². The van der Waals surface area contributed by atoms with Gasteiger partial charge in [-0.25, -0.2) is 0 Å². The molecule has 0 saturated heterocycles. The van der Waals surface area contributed by atoms with Crippen molar-refractivity contribution in [2.45, 2.75) is 54.4 Å². The summed E-state index contributed by atoms with van der Waals surface area (Å²) in [5, 5.41) is 0. The Morgan fingerprint density at radius 3 is 1.13 bits per heavy atom. The molecule has 0 fully saturated rings. The Morgan fingerprint density at radius 2 is 0.870 bits per heavy atom. The molecule has 0 atom stereocenters. The molecule has 0 N–H and O–H groups in total. The van der Waals surface area contributed by atoms with E-state index in [4.69, 9.17) is 0 Å². The molecule has 126 valence electrons. The average Bonchev–Trinajstić information content (AvgIpc) is 2.40. The second-order valence-electron chi connectivity index (χ2n) is 8.82. The van der Waals surface area contributed by atoms with Gasteiger partial charge in [-0.05, 0) is 0 Å². The normalized spacial score (nSPS) is 12.6. The van der Waals surface area contributed by atoms with Gasteiger partial charge >= 0.3 is 153 Å². The van der Waals surface area contributed by atoms with Gasteiger partial charge in [0, 0.05) is 0 Å². The molecule has 0 heterocycles. The molecule has 0 aromatic heterocycles. The zero-order chi connectivity index (χ0) is 17.1. The number of hydrogen-bond acceptors (Lipinski definition) is 0. The van der Waals surface area contributed by atoms with Crippen LogP contribution in [0.15, 0.2) is 48.5 Å². The first-order valence-corrected chi connectivity index (χ1v) is 10.6. The summed E-state index contributed by atoms with van der Waals surface area (Å²) in [5.74, 6) is 0. The Bertz CT molecular complexity index is 550. The van der Waals surface area contributed by atoms with Gasteiger partial charge in [-0.2, -0.15) is 0 Å². The van der Waals surface area contributed by atoms with Crippen LogP contribution in [-0.4, -0.2) is 0 Å². The summed E-state index contributed by atoms with van der Waals surface area (Å²) in [6.07, 6.45) is 2.29. The van der Waals surface area contributed by atoms with Gasteiger partial charge in [-0.1, -0.05) is 0 Å². The summed E-state index contributed by atoms with van der Waals surface area (Å²) in [6.45, 7) is 13.8. The zero-order valence-electron chi connectivity index (χ0n) is 15.4. The number of halogens is 1. The summed E-state index contributed by atoms with van der Waals surface area (Å²) in [7, 11) is 0. The second-order valence-corrected chi connectivity index (χ2v) is 11.9. The Kier molecular flexibility index (Phi) is 5.94. The third kappa shape index (κ3) is 7.07. The topological polar surface area (TPSA) is 0 Å². The molecule has 0 amide bonds. The van der Waals surface area contributed by atoms with E-state index in [1.54, 1.807) is 0 Å². The van der Waals surface area contributed by atoms with Crippen LogP contribution < -0.4 is 21.2 Å². The fourth-order valence-corrected chi connectivity index (χ4v) is 4.84. The van der Waals surface area contributed by atoms with E-state index < -0.39 is 0 Å². The van der Waals surface area contributed by atoms with Crippen LogP contribution in [0.1, 0.15) is 52.7 Å². The first-order valence-electron chi connectivity index (χ1n) is 8.43. The molecule has 0 aliphatic rings. The van der Waals surface area contributed by atoms with E-state index in [1.807, 2.05) is 0 Å². The second kappa shape index (κ2) is 7.38. The molecule has 23 heavy (non-hydrogen) atoms. The van der Waals surface area contributed by atoms with E-state index in [2.05, 4.69) is 90.1 Å². The van der Waals surface area contributed by atoms with Crippen molar-refractivity contribution in [1.29, 1.82) is 0 Å². The fourth-order valence-electron chi connectivity index (χ4n) is 2.68. The number of hydrogen-bond donors (Lipinski definition) is 0. The van der Waals surface area contributed by atoms with E-state index in [1.165, 1.54) is 18.3 Å². The van der Waals surface area contributed by atoms with E-state index in [0.717, 1.165) is 12.8 Å². The molecule has 1 heteroatoms. The minimum absolute atomic E-state index is 0.0650. The zero-order valence-corrected chi connectivity index (χ0v) is 17.6. The fraction of sp³-hybridized carbons (Fsp3) is 0.455. The molecule has 0 saturated carbocycles. The van der Waals surface area contributed by atoms with Crippen LogP contribution in [0.25, 0.3) is 0 Å². The molecule has 2 aromatic rings. The predicted octanol–water partition coefficient (Wildman–Crippen LogP) is 2.99. The molecule has 0 radical (unpaired) electrons. The molecule has 0 spiro atoms. The molecular formula is C22H30I-. The van der Waals surface area contributed by atoms with E-state index in [9.17, 15) is 0 Å². The minimum atomic E-state index is -0.0650. The molecular weight excluding hydrogens is 391 g/mol. The molecule has 0 aliphatic carbocycles. The van der Waals surface area contributed by atoms with Crippen LogP contribution in [-0.2, 0) is 12.8 Å². The Hall–Kier alpha value is -0.830. The molecule has 2 rings (SSSR count). The van der Waals surface area contributed by atoms with Crippen LogP contribution in [0.5, 0.6) is 0 Å². The van der Waals surface area contributed by atoms with E-state index in [0.29, 0.717) is 10.8 Å². The van der Waals surface area contributed by atoms with Gasteiger partial charge in [-0.15, -0.1) is 0 Å².